The Kier molecular flexibility index (Phi) is 4.69. The van der Waals surface area contributed by atoms with E-state index in [9.17, 15) is 5.11 Å². The van der Waals surface area contributed by atoms with E-state index in [1.807, 2.05) is 0 Å². The maximum atomic E-state index is 10.2. The Bertz CT molecular complexity index is 376. The second-order valence-electron chi connectivity index (χ2n) is 4.47. The van der Waals surface area contributed by atoms with Crippen LogP contribution in [0, 0.1) is 5.92 Å². The van der Waals surface area contributed by atoms with E-state index in [1.54, 1.807) is 18.2 Å². The average Bonchev–Trinajstić information content (AvgIpc) is 2.30. The van der Waals surface area contributed by atoms with Crippen molar-refractivity contribution in [3.63, 3.8) is 0 Å². The van der Waals surface area contributed by atoms with Crippen LogP contribution in [0.15, 0.2) is 18.2 Å². The number of rotatable bonds is 3. The Morgan fingerprint density at radius 3 is 2.65 bits per heavy atom. The molecule has 4 heteroatoms. The van der Waals surface area contributed by atoms with Gasteiger partial charge in [-0.05, 0) is 42.9 Å². The van der Waals surface area contributed by atoms with E-state index < -0.39 is 6.10 Å². The van der Waals surface area contributed by atoms with Crippen LogP contribution in [0.5, 0.6) is 0 Å². The number of ether oxygens (including phenoxy) is 1. The zero-order valence-electron chi connectivity index (χ0n) is 9.53. The van der Waals surface area contributed by atoms with Crippen molar-refractivity contribution in [2.75, 3.05) is 13.2 Å². The quantitative estimate of drug-likeness (QED) is 0.908. The first kappa shape index (κ1) is 13.2. The summed E-state index contributed by atoms with van der Waals surface area (Å²) in [6.07, 6.45) is 2.26. The molecule has 1 N–H and O–H groups in total. The zero-order chi connectivity index (χ0) is 12.3. The first-order valence-corrected chi connectivity index (χ1v) is 6.63. The first-order chi connectivity index (χ1) is 8.16. The number of benzene rings is 1. The molecule has 1 aromatic carbocycles. The number of aliphatic hydroxyl groups excluding tert-OH is 1. The number of hydrogen-bond acceptors (Lipinski definition) is 2. The first-order valence-electron chi connectivity index (χ1n) is 5.87. The Labute approximate surface area is 111 Å². The molecule has 1 unspecified atom stereocenters. The smallest absolute Gasteiger partial charge is 0.0807 e. The van der Waals surface area contributed by atoms with Gasteiger partial charge < -0.3 is 9.84 Å². The maximum absolute atomic E-state index is 10.2. The molecule has 17 heavy (non-hydrogen) atoms. The van der Waals surface area contributed by atoms with Crippen LogP contribution in [0.1, 0.15) is 30.9 Å². The third-order valence-corrected chi connectivity index (χ3v) is 3.78. The lowest BCUT2D eigenvalue weighted by molar-refractivity contribution is 0.0435. The van der Waals surface area contributed by atoms with Crippen LogP contribution in [0.4, 0.5) is 0 Å². The molecule has 2 nitrogen and oxygen atoms in total. The lowest BCUT2D eigenvalue weighted by Crippen LogP contribution is -2.18. The molecular weight excluding hydrogens is 259 g/mol. The topological polar surface area (TPSA) is 29.5 Å². The maximum Gasteiger partial charge on any atom is 0.0807 e. The van der Waals surface area contributed by atoms with Gasteiger partial charge >= 0.3 is 0 Å². The summed E-state index contributed by atoms with van der Waals surface area (Å²) in [7, 11) is 0. The Balaban J connectivity index is 2.00. The monoisotopic (exact) mass is 274 g/mol. The summed E-state index contributed by atoms with van der Waals surface area (Å²) in [6.45, 7) is 1.59. The summed E-state index contributed by atoms with van der Waals surface area (Å²) < 4.78 is 5.30. The van der Waals surface area contributed by atoms with Gasteiger partial charge in [0.05, 0.1) is 6.10 Å². The fourth-order valence-corrected chi connectivity index (χ4v) is 2.73. The average molecular weight is 275 g/mol. The van der Waals surface area contributed by atoms with Crippen LogP contribution in [0.25, 0.3) is 0 Å². The third kappa shape index (κ3) is 3.59. The molecule has 0 spiro atoms. The normalized spacial score (nSPS) is 19.2. The highest BCUT2D eigenvalue weighted by Gasteiger charge is 2.20. The minimum absolute atomic E-state index is 0.511. The van der Waals surface area contributed by atoms with E-state index in [2.05, 4.69) is 0 Å². The van der Waals surface area contributed by atoms with E-state index in [0.717, 1.165) is 38.0 Å². The second kappa shape index (κ2) is 6.05. The molecule has 1 heterocycles. The van der Waals surface area contributed by atoms with Gasteiger partial charge in [0.25, 0.3) is 0 Å². The summed E-state index contributed by atoms with van der Waals surface area (Å²) in [5.74, 6) is 0.519. The van der Waals surface area contributed by atoms with Gasteiger partial charge in [-0.2, -0.15) is 0 Å². The van der Waals surface area contributed by atoms with Gasteiger partial charge in [0.1, 0.15) is 0 Å². The van der Waals surface area contributed by atoms with Crippen molar-refractivity contribution in [2.45, 2.75) is 25.4 Å². The summed E-state index contributed by atoms with van der Waals surface area (Å²) in [5.41, 5.74) is 0.766. The van der Waals surface area contributed by atoms with Crippen molar-refractivity contribution in [1.29, 1.82) is 0 Å². The van der Waals surface area contributed by atoms with Crippen molar-refractivity contribution < 1.29 is 9.84 Å². The van der Waals surface area contributed by atoms with Crippen molar-refractivity contribution in [2.24, 2.45) is 5.92 Å². The van der Waals surface area contributed by atoms with E-state index in [0.29, 0.717) is 16.0 Å². The highest BCUT2D eigenvalue weighted by atomic mass is 35.5. The Morgan fingerprint density at radius 2 is 2.00 bits per heavy atom. The molecule has 1 aromatic rings. The number of hydrogen-bond donors (Lipinski definition) is 1. The number of halogens is 2. The number of aliphatic hydroxyl groups is 1. The molecule has 0 bridgehead atoms. The molecule has 1 aliphatic rings. The predicted molar refractivity (Wildman–Crippen MR) is 69.6 cm³/mol. The SMILES string of the molecule is OC(CC1CCOCC1)c1ccc(Cl)cc1Cl. The van der Waals surface area contributed by atoms with E-state index >= 15 is 0 Å². The van der Waals surface area contributed by atoms with E-state index in [4.69, 9.17) is 27.9 Å². The highest BCUT2D eigenvalue weighted by Crippen LogP contribution is 2.32. The van der Waals surface area contributed by atoms with Gasteiger partial charge in [0, 0.05) is 23.3 Å². The molecule has 94 valence electrons. The van der Waals surface area contributed by atoms with Crippen LogP contribution < -0.4 is 0 Å². The molecule has 2 rings (SSSR count). The summed E-state index contributed by atoms with van der Waals surface area (Å²) >= 11 is 11.9. The van der Waals surface area contributed by atoms with Crippen LogP contribution in [-0.4, -0.2) is 18.3 Å². The minimum atomic E-state index is -0.511. The molecule has 0 aliphatic carbocycles. The Morgan fingerprint density at radius 1 is 1.29 bits per heavy atom. The van der Waals surface area contributed by atoms with Gasteiger partial charge in [-0.1, -0.05) is 29.3 Å². The fraction of sp³-hybridized carbons (Fsp3) is 0.538. The molecule has 1 fully saturated rings. The van der Waals surface area contributed by atoms with Gasteiger partial charge in [0.15, 0.2) is 0 Å². The van der Waals surface area contributed by atoms with Gasteiger partial charge in [-0.3, -0.25) is 0 Å². The molecule has 0 aromatic heterocycles. The lowest BCUT2D eigenvalue weighted by Gasteiger charge is -2.24. The van der Waals surface area contributed by atoms with Crippen LogP contribution in [-0.2, 0) is 4.74 Å². The summed E-state index contributed by atoms with van der Waals surface area (Å²) in [4.78, 5) is 0. The zero-order valence-corrected chi connectivity index (χ0v) is 11.0. The molecule has 0 amide bonds. The van der Waals surface area contributed by atoms with Crippen LogP contribution >= 0.6 is 23.2 Å². The molecule has 1 atom stereocenters. The van der Waals surface area contributed by atoms with Gasteiger partial charge in [0.2, 0.25) is 0 Å². The molecule has 0 radical (unpaired) electrons. The largest absolute Gasteiger partial charge is 0.388 e. The van der Waals surface area contributed by atoms with E-state index in [1.165, 1.54) is 0 Å². The fourth-order valence-electron chi connectivity index (χ4n) is 2.20. The Hall–Kier alpha value is -0.280. The van der Waals surface area contributed by atoms with Gasteiger partial charge in [-0.15, -0.1) is 0 Å². The summed E-state index contributed by atoms with van der Waals surface area (Å²) in [5, 5.41) is 11.3. The summed E-state index contributed by atoms with van der Waals surface area (Å²) in [6, 6.07) is 5.23. The minimum Gasteiger partial charge on any atom is -0.388 e. The molecule has 1 saturated heterocycles. The van der Waals surface area contributed by atoms with Crippen molar-refractivity contribution >= 4 is 23.2 Å². The van der Waals surface area contributed by atoms with Crippen molar-refractivity contribution in [3.05, 3.63) is 33.8 Å². The lowest BCUT2D eigenvalue weighted by atomic mass is 9.91. The standard InChI is InChI=1S/C13H16Cl2O2/c14-10-1-2-11(12(15)8-10)13(16)7-9-3-5-17-6-4-9/h1-2,8-9,13,16H,3-7H2. The second-order valence-corrected chi connectivity index (χ2v) is 5.32. The van der Waals surface area contributed by atoms with Crippen molar-refractivity contribution in [3.8, 4) is 0 Å². The molecule has 0 saturated carbocycles. The third-order valence-electron chi connectivity index (χ3n) is 3.22. The van der Waals surface area contributed by atoms with Crippen molar-refractivity contribution in [1.82, 2.24) is 0 Å². The molecule has 1 aliphatic heterocycles. The highest BCUT2D eigenvalue weighted by molar-refractivity contribution is 6.35. The predicted octanol–water partition coefficient (Wildman–Crippen LogP) is 3.84. The van der Waals surface area contributed by atoms with Crippen LogP contribution in [0.2, 0.25) is 10.0 Å². The van der Waals surface area contributed by atoms with E-state index in [-0.39, 0.29) is 0 Å². The molecular formula is C13H16Cl2O2. The van der Waals surface area contributed by atoms with Crippen LogP contribution in [0.3, 0.4) is 0 Å². The van der Waals surface area contributed by atoms with Gasteiger partial charge in [-0.25, -0.2) is 0 Å².